The normalized spacial score (nSPS) is 18.1. The fourth-order valence-corrected chi connectivity index (χ4v) is 5.18. The van der Waals surface area contributed by atoms with Crippen LogP contribution in [0.2, 0.25) is 0 Å². The lowest BCUT2D eigenvalue weighted by Gasteiger charge is -2.44. The van der Waals surface area contributed by atoms with Crippen molar-refractivity contribution >= 4 is 40.8 Å². The molecular formula is C26H25N3O5. The largest absolute Gasteiger partial charge is 0.455 e. The smallest absolute Gasteiger partial charge is 0.308 e. The second kappa shape index (κ2) is 8.44. The van der Waals surface area contributed by atoms with Gasteiger partial charge in [0, 0.05) is 23.4 Å². The summed E-state index contributed by atoms with van der Waals surface area (Å²) < 4.78 is 5.29. The van der Waals surface area contributed by atoms with E-state index < -0.39 is 24.0 Å². The molecule has 0 bridgehead atoms. The molecule has 0 atom stereocenters. The molecule has 34 heavy (non-hydrogen) atoms. The number of amides is 3. The van der Waals surface area contributed by atoms with Gasteiger partial charge in [0.1, 0.15) is 5.54 Å². The van der Waals surface area contributed by atoms with Crippen molar-refractivity contribution in [1.82, 2.24) is 4.90 Å². The van der Waals surface area contributed by atoms with Crippen LogP contribution in [0.3, 0.4) is 0 Å². The highest BCUT2D eigenvalue weighted by molar-refractivity contribution is 6.15. The number of nitrogens with one attached hydrogen (secondary N) is 1. The van der Waals surface area contributed by atoms with E-state index in [0.29, 0.717) is 35.5 Å². The molecule has 2 aliphatic heterocycles. The van der Waals surface area contributed by atoms with Gasteiger partial charge in [-0.05, 0) is 31.0 Å². The van der Waals surface area contributed by atoms with Gasteiger partial charge < -0.3 is 15.0 Å². The Kier molecular flexibility index (Phi) is 5.43. The minimum Gasteiger partial charge on any atom is -0.455 e. The number of benzene rings is 2. The van der Waals surface area contributed by atoms with Crippen LogP contribution in [0.4, 0.5) is 11.4 Å². The molecule has 0 aromatic heterocycles. The fraction of sp³-hybridized carbons (Fsp3) is 0.308. The molecule has 2 aromatic carbocycles. The molecular weight excluding hydrogens is 434 g/mol. The maximum absolute atomic E-state index is 13.3. The van der Waals surface area contributed by atoms with Crippen LogP contribution in [-0.2, 0) is 19.1 Å². The van der Waals surface area contributed by atoms with Crippen molar-refractivity contribution in [2.24, 2.45) is 0 Å². The molecule has 1 aliphatic carbocycles. The number of anilines is 2. The first kappa shape index (κ1) is 21.9. The zero-order valence-corrected chi connectivity index (χ0v) is 18.7. The first-order valence-electron chi connectivity index (χ1n) is 11.4. The van der Waals surface area contributed by atoms with Crippen LogP contribution < -0.4 is 10.2 Å². The predicted octanol–water partition coefficient (Wildman–Crippen LogP) is 3.34. The summed E-state index contributed by atoms with van der Waals surface area (Å²) in [5.74, 6) is -1.44. The van der Waals surface area contributed by atoms with E-state index in [1.54, 1.807) is 30.3 Å². The molecule has 1 saturated carbocycles. The van der Waals surface area contributed by atoms with Gasteiger partial charge in [0.25, 0.3) is 17.7 Å². The molecule has 5 rings (SSSR count). The van der Waals surface area contributed by atoms with E-state index >= 15 is 0 Å². The molecule has 0 unspecified atom stereocenters. The van der Waals surface area contributed by atoms with Crippen LogP contribution >= 0.6 is 0 Å². The number of fused-ring (bicyclic) bond motifs is 2. The molecule has 2 aromatic rings. The Balaban J connectivity index is 1.24. The molecule has 8 nitrogen and oxygen atoms in total. The van der Waals surface area contributed by atoms with Crippen molar-refractivity contribution in [2.45, 2.75) is 37.6 Å². The Bertz CT molecular complexity index is 1180. The van der Waals surface area contributed by atoms with E-state index in [9.17, 15) is 19.2 Å². The number of rotatable bonds is 5. The molecule has 3 aliphatic rings. The number of esters is 1. The lowest BCUT2D eigenvalue weighted by molar-refractivity contribution is -0.148. The summed E-state index contributed by atoms with van der Waals surface area (Å²) in [5, 5.41) is 2.92. The Labute approximate surface area is 197 Å². The topological polar surface area (TPSA) is 96.0 Å². The highest BCUT2D eigenvalue weighted by atomic mass is 16.5. The van der Waals surface area contributed by atoms with Crippen LogP contribution in [-0.4, -0.2) is 47.3 Å². The third-order valence-electron chi connectivity index (χ3n) is 6.86. The van der Waals surface area contributed by atoms with Crippen LogP contribution in [0.1, 0.15) is 48.0 Å². The number of nitrogens with zero attached hydrogens (tertiary/aromatic N) is 2. The Morgan fingerprint density at radius 1 is 1.00 bits per heavy atom. The summed E-state index contributed by atoms with van der Waals surface area (Å²) in [4.78, 5) is 54.3. The molecule has 0 saturated heterocycles. The number of ether oxygens (including phenoxy) is 1. The van der Waals surface area contributed by atoms with E-state index in [4.69, 9.17) is 4.74 Å². The lowest BCUT2D eigenvalue weighted by atomic mass is 9.90. The molecule has 3 amide bonds. The molecule has 174 valence electrons. The highest BCUT2D eigenvalue weighted by Gasteiger charge is 2.52. The van der Waals surface area contributed by atoms with Crippen LogP contribution in [0.15, 0.2) is 55.1 Å². The Morgan fingerprint density at radius 2 is 1.68 bits per heavy atom. The summed E-state index contributed by atoms with van der Waals surface area (Å²) in [6.45, 7) is 3.60. The number of para-hydroxylation sites is 2. The van der Waals surface area contributed by atoms with Gasteiger partial charge in [-0.2, -0.15) is 0 Å². The van der Waals surface area contributed by atoms with E-state index in [0.717, 1.165) is 18.4 Å². The second-order valence-corrected chi connectivity index (χ2v) is 8.80. The first-order chi connectivity index (χ1) is 16.4. The average Bonchev–Trinajstić information content (AvgIpc) is 3.42. The average molecular weight is 460 g/mol. The monoisotopic (exact) mass is 459 g/mol. The number of hydrogen-bond acceptors (Lipinski definition) is 5. The second-order valence-electron chi connectivity index (χ2n) is 8.80. The summed E-state index contributed by atoms with van der Waals surface area (Å²) in [6.07, 6.45) is 2.73. The molecule has 1 fully saturated rings. The molecule has 1 N–H and O–H groups in total. The minimum absolute atomic E-state index is 0.0752. The number of carbonyl (C=O) groups excluding carboxylic acids is 4. The van der Waals surface area contributed by atoms with Crippen LogP contribution in [0.5, 0.6) is 0 Å². The molecule has 0 radical (unpaired) electrons. The first-order valence-corrected chi connectivity index (χ1v) is 11.4. The van der Waals surface area contributed by atoms with Gasteiger partial charge in [-0.1, -0.05) is 49.8 Å². The molecule has 1 spiro atoms. The number of carbonyl (C=O) groups is 4. The predicted molar refractivity (Wildman–Crippen MR) is 126 cm³/mol. The van der Waals surface area contributed by atoms with Gasteiger partial charge in [0.05, 0.1) is 17.8 Å². The van der Waals surface area contributed by atoms with E-state index in [2.05, 4.69) is 11.9 Å². The summed E-state index contributed by atoms with van der Waals surface area (Å²) in [6, 6.07) is 14.3. The SMILES string of the molecule is C=C1c2ccccc2C(=O)N1CCC(=O)OCC(=O)N1c2ccccc2NC(=O)C12CCCC2. The van der Waals surface area contributed by atoms with Gasteiger partial charge in [-0.25, -0.2) is 0 Å². The quantitative estimate of drug-likeness (QED) is 0.692. The Morgan fingerprint density at radius 3 is 2.41 bits per heavy atom. The number of hydrogen-bond donors (Lipinski definition) is 1. The van der Waals surface area contributed by atoms with Crippen LogP contribution in [0.25, 0.3) is 5.70 Å². The Hall–Kier alpha value is -3.94. The van der Waals surface area contributed by atoms with Gasteiger partial charge in [0.15, 0.2) is 6.61 Å². The molecule has 8 heteroatoms. The van der Waals surface area contributed by atoms with Crippen molar-refractivity contribution in [3.05, 3.63) is 66.2 Å². The fourth-order valence-electron chi connectivity index (χ4n) is 5.18. The highest BCUT2D eigenvalue weighted by Crippen LogP contribution is 2.45. The van der Waals surface area contributed by atoms with Gasteiger partial charge in [-0.3, -0.25) is 24.1 Å². The van der Waals surface area contributed by atoms with E-state index in [1.807, 2.05) is 18.2 Å². The van der Waals surface area contributed by atoms with Crippen molar-refractivity contribution in [1.29, 1.82) is 0 Å². The van der Waals surface area contributed by atoms with E-state index in [-0.39, 0.29) is 24.8 Å². The van der Waals surface area contributed by atoms with Crippen molar-refractivity contribution in [3.63, 3.8) is 0 Å². The summed E-state index contributed by atoms with van der Waals surface area (Å²) in [7, 11) is 0. The third-order valence-corrected chi connectivity index (χ3v) is 6.86. The lowest BCUT2D eigenvalue weighted by Crippen LogP contribution is -2.61. The van der Waals surface area contributed by atoms with Crippen molar-refractivity contribution in [3.8, 4) is 0 Å². The molecule has 2 heterocycles. The third kappa shape index (κ3) is 3.46. The maximum Gasteiger partial charge on any atom is 0.308 e. The van der Waals surface area contributed by atoms with Gasteiger partial charge in [0.2, 0.25) is 0 Å². The zero-order valence-electron chi connectivity index (χ0n) is 18.7. The standard InChI is InChI=1S/C26H25N3O5/c1-17-18-8-2-3-9-19(18)24(32)28(17)15-12-23(31)34-16-22(30)29-21-11-5-4-10-20(21)27-25(33)26(29)13-6-7-14-26/h2-5,8-11H,1,6-7,12-16H2,(H,27,33). The van der Waals surface area contributed by atoms with Gasteiger partial charge >= 0.3 is 5.97 Å². The van der Waals surface area contributed by atoms with Gasteiger partial charge in [-0.15, -0.1) is 0 Å². The van der Waals surface area contributed by atoms with Crippen molar-refractivity contribution in [2.75, 3.05) is 23.4 Å². The minimum atomic E-state index is -0.955. The maximum atomic E-state index is 13.3. The van der Waals surface area contributed by atoms with E-state index in [1.165, 1.54) is 9.80 Å². The summed E-state index contributed by atoms with van der Waals surface area (Å²) >= 11 is 0. The summed E-state index contributed by atoms with van der Waals surface area (Å²) in [5.41, 5.74) is 2.07. The van der Waals surface area contributed by atoms with Crippen molar-refractivity contribution < 1.29 is 23.9 Å². The zero-order chi connectivity index (χ0) is 23.9. The van der Waals surface area contributed by atoms with Crippen LogP contribution in [0, 0.1) is 0 Å².